The highest BCUT2D eigenvalue weighted by Gasteiger charge is 2.61. The van der Waals surface area contributed by atoms with Gasteiger partial charge in [0, 0.05) is 56.5 Å². The van der Waals surface area contributed by atoms with Gasteiger partial charge in [-0.25, -0.2) is 0 Å². The Morgan fingerprint density at radius 3 is 0.953 bits per heavy atom. The van der Waals surface area contributed by atoms with E-state index in [9.17, 15) is 0 Å². The quantitative estimate of drug-likeness (QED) is 0.203. The summed E-state index contributed by atoms with van der Waals surface area (Å²) in [6.07, 6.45) is 0. The van der Waals surface area contributed by atoms with Crippen molar-refractivity contribution in [2.24, 2.45) is 0 Å². The molecule has 0 aliphatic carbocycles. The molecule has 1 heterocycles. The van der Waals surface area contributed by atoms with E-state index in [1.165, 1.54) is 0 Å². The predicted octanol–water partition coefficient (Wildman–Crippen LogP) is 12.2. The van der Waals surface area contributed by atoms with Crippen LogP contribution in [0.3, 0.4) is 0 Å². The van der Waals surface area contributed by atoms with Gasteiger partial charge < -0.3 is 0 Å². The second-order valence-electron chi connectivity index (χ2n) is 21.2. The van der Waals surface area contributed by atoms with Crippen LogP contribution in [0.5, 0.6) is 0 Å². The van der Waals surface area contributed by atoms with Crippen LogP contribution in [0.4, 0.5) is 0 Å². The summed E-state index contributed by atoms with van der Waals surface area (Å²) >= 11 is 0. The Hall–Kier alpha value is 0.305. The molecule has 1 aromatic heterocycles. The van der Waals surface area contributed by atoms with Gasteiger partial charge in [-0.2, -0.15) is 0 Å². The summed E-state index contributed by atoms with van der Waals surface area (Å²) in [6, 6.07) is 12.9. The summed E-state index contributed by atoms with van der Waals surface area (Å²) < 4.78 is 0.394. The van der Waals surface area contributed by atoms with E-state index in [2.05, 4.69) is 179 Å². The van der Waals surface area contributed by atoms with Crippen LogP contribution in [0.25, 0.3) is 5.19 Å². The molecule has 8 heteroatoms. The average Bonchev–Trinajstić information content (AvgIpc) is 2.67. The second-order valence-corrected chi connectivity index (χ2v) is 62.9. The van der Waals surface area contributed by atoms with E-state index in [-0.39, 0.29) is 0 Å². The maximum atomic E-state index is 2.96. The number of hydrogen-bond acceptors (Lipinski definition) is 0. The van der Waals surface area contributed by atoms with Crippen LogP contribution in [-0.4, -0.2) is 64.9 Å². The minimum Gasteiger partial charge on any atom is -0.0736 e. The Morgan fingerprint density at radius 1 is 0.442 bits per heavy atom. The molecule has 0 bridgehead atoms. The predicted molar refractivity (Wildman–Crippen MR) is 224 cm³/mol. The molecular formula is C35H72Si8. The monoisotopic (exact) mass is 716 g/mol. The zero-order valence-corrected chi connectivity index (χ0v) is 40.7. The van der Waals surface area contributed by atoms with E-state index in [1.54, 1.807) is 0 Å². The van der Waals surface area contributed by atoms with Crippen LogP contribution in [0.2, 0.25) is 137 Å². The molecule has 0 N–H and O–H groups in total. The lowest BCUT2D eigenvalue weighted by molar-refractivity contribution is 0.994. The Balaban J connectivity index is 3.57. The maximum Gasteiger partial charge on any atom is 0.0731 e. The normalized spacial score (nSPS) is 15.0. The third-order valence-corrected chi connectivity index (χ3v) is 52.1. The Kier molecular flexibility index (Phi) is 11.4. The van der Waals surface area contributed by atoms with Gasteiger partial charge in [-0.15, -0.1) is 0 Å². The van der Waals surface area contributed by atoms with Gasteiger partial charge in [0.25, 0.3) is 0 Å². The van der Waals surface area contributed by atoms with E-state index >= 15 is 0 Å². The van der Waals surface area contributed by atoms with Gasteiger partial charge in [0.1, 0.15) is 0 Å². The number of hydrogen-bond donors (Lipinski definition) is 0. The first-order valence-corrected chi connectivity index (χ1v) is 43.5. The molecular weight excluding hydrogens is 645 g/mol. The molecule has 0 spiro atoms. The van der Waals surface area contributed by atoms with Gasteiger partial charge in [-0.1, -0.05) is 179 Å². The van der Waals surface area contributed by atoms with Crippen LogP contribution in [0.15, 0.2) is 41.7 Å². The highest BCUT2D eigenvalue weighted by Crippen LogP contribution is 2.53. The number of benzene rings is 1. The van der Waals surface area contributed by atoms with Gasteiger partial charge in [0.15, 0.2) is 0 Å². The highest BCUT2D eigenvalue weighted by atomic mass is 28.5. The molecule has 0 aliphatic heterocycles. The molecule has 0 atom stereocenters. The minimum absolute atomic E-state index is 0.394. The summed E-state index contributed by atoms with van der Waals surface area (Å²) in [5.41, 5.74) is 10.8. The molecule has 0 aliphatic rings. The maximum absolute atomic E-state index is 2.96. The zero-order chi connectivity index (χ0) is 34.0. The summed E-state index contributed by atoms with van der Waals surface area (Å²) in [7, 11) is -12.1. The molecule has 0 fully saturated rings. The van der Waals surface area contributed by atoms with Crippen molar-refractivity contribution in [1.82, 2.24) is 0 Å². The van der Waals surface area contributed by atoms with Crippen molar-refractivity contribution in [3.05, 3.63) is 58.4 Å². The van der Waals surface area contributed by atoms with Crippen LogP contribution in [0, 0.1) is 0 Å². The van der Waals surface area contributed by atoms with Gasteiger partial charge in [0.2, 0.25) is 0 Å². The Bertz CT molecular complexity index is 1130. The fourth-order valence-electron chi connectivity index (χ4n) is 11.4. The molecule has 0 unspecified atom stereocenters. The molecule has 43 heavy (non-hydrogen) atoms. The third-order valence-electron chi connectivity index (χ3n) is 10.2. The van der Waals surface area contributed by atoms with Crippen molar-refractivity contribution in [1.29, 1.82) is 0 Å². The summed E-state index contributed by atoms with van der Waals surface area (Å²) in [5, 5.41) is 3.35. The van der Waals surface area contributed by atoms with Crippen molar-refractivity contribution in [2.75, 3.05) is 0 Å². The van der Waals surface area contributed by atoms with Gasteiger partial charge >= 0.3 is 0 Å². The summed E-state index contributed by atoms with van der Waals surface area (Å²) in [5.74, 6) is 0. The fourth-order valence-corrected chi connectivity index (χ4v) is 69.7. The molecule has 2 aromatic rings. The molecule has 1 aromatic carbocycles. The first-order valence-electron chi connectivity index (χ1n) is 17.0. The number of rotatable bonds is 11. The van der Waals surface area contributed by atoms with Crippen LogP contribution in [-0.2, 0) is 4.28 Å². The molecule has 0 amide bonds. The summed E-state index contributed by atoms with van der Waals surface area (Å²) in [6.45, 7) is 57.0. The van der Waals surface area contributed by atoms with Crippen molar-refractivity contribution in [3.63, 3.8) is 0 Å². The van der Waals surface area contributed by atoms with Crippen molar-refractivity contribution in [3.8, 4) is 5.19 Å². The molecule has 0 saturated carbocycles. The first-order chi connectivity index (χ1) is 18.8. The van der Waals surface area contributed by atoms with Crippen molar-refractivity contribution < 1.29 is 0 Å². The van der Waals surface area contributed by atoms with Gasteiger partial charge in [-0.3, -0.25) is 0 Å². The third kappa shape index (κ3) is 7.89. The van der Waals surface area contributed by atoms with Crippen LogP contribution in [0.1, 0.15) is 27.0 Å². The molecule has 2 rings (SSSR count). The Morgan fingerprint density at radius 2 is 0.721 bits per heavy atom. The van der Waals surface area contributed by atoms with E-state index in [0.29, 0.717) is 4.28 Å². The van der Waals surface area contributed by atoms with Gasteiger partial charge in [0.05, 0.1) is 8.40 Å². The lowest BCUT2D eigenvalue weighted by Gasteiger charge is -2.60. The first kappa shape index (κ1) is 39.5. The average molecular weight is 718 g/mol. The highest BCUT2D eigenvalue weighted by molar-refractivity contribution is 7.14. The lowest BCUT2D eigenvalue weighted by atomic mass is 10.1. The summed E-state index contributed by atoms with van der Waals surface area (Å²) in [4.78, 5) is 0. The SMILES string of the molecule is C[Si](C)(C)C(c1cc(C([Si](C)(C)C)([Si](C)(C)C)[Si](C)(C)C)cc(C([Si](C)(C)C)[Si](C)(C)C)c1-[si]1ccccc1)[Si](C)(C)C. The fraction of sp³-hybridized carbons (Fsp3) is 0.686. The lowest BCUT2D eigenvalue weighted by Crippen LogP contribution is -2.74. The minimum atomic E-state index is -1.66. The van der Waals surface area contributed by atoms with Crippen LogP contribution < -0.4 is 0 Å². The molecule has 0 nitrogen and oxygen atoms in total. The van der Waals surface area contributed by atoms with E-state index in [0.717, 1.165) is 10.3 Å². The van der Waals surface area contributed by atoms with E-state index < -0.39 is 64.9 Å². The zero-order valence-electron chi connectivity index (χ0n) is 32.7. The van der Waals surface area contributed by atoms with Gasteiger partial charge in [-0.05, 0) is 36.5 Å². The van der Waals surface area contributed by atoms with E-state index in [1.807, 2.05) is 21.9 Å². The van der Waals surface area contributed by atoms with Crippen LogP contribution >= 0.6 is 0 Å². The Labute approximate surface area is 278 Å². The van der Waals surface area contributed by atoms with Crippen molar-refractivity contribution in [2.45, 2.75) is 152 Å². The molecule has 244 valence electrons. The molecule has 0 radical (unpaired) electrons. The molecule has 0 saturated heterocycles. The standard InChI is InChI=1S/C35H72Si8/c1-37(2,3)33(38(4,5)6)30-27-29(35(41(13,14)15,42(16,17)18)43(19,20)21)28-31(32(30)36-25-23-22-24-26-36)34(39(7,8)9)40(10,11)12/h22-28,33-34H,1-21H3. The smallest absolute Gasteiger partial charge is 0.0731 e. The second kappa shape index (κ2) is 12.4. The van der Waals surface area contributed by atoms with E-state index in [4.69, 9.17) is 0 Å². The topological polar surface area (TPSA) is 0 Å². The van der Waals surface area contributed by atoms with Crippen molar-refractivity contribution >= 4 is 64.9 Å². The largest absolute Gasteiger partial charge is 0.0736 e.